The first-order valence-electron chi connectivity index (χ1n) is 5.39. The van der Waals surface area contributed by atoms with Gasteiger partial charge >= 0.3 is 5.97 Å². The van der Waals surface area contributed by atoms with E-state index in [1.54, 1.807) is 12.1 Å². The second-order valence-corrected chi connectivity index (χ2v) is 5.58. The maximum Gasteiger partial charge on any atom is 0.306 e. The van der Waals surface area contributed by atoms with E-state index in [1.165, 1.54) is 13.0 Å². The number of aliphatic carboxylic acids is 1. The zero-order valence-corrected chi connectivity index (χ0v) is 12.5. The minimum atomic E-state index is -1.51. The average molecular weight is 351 g/mol. The fourth-order valence-corrected chi connectivity index (χ4v) is 2.01. The fourth-order valence-electron chi connectivity index (χ4n) is 1.43. The maximum atomic E-state index is 11.9. The number of aliphatic hydroxyl groups is 1. The normalized spacial score (nSPS) is 13.7. The molecule has 0 aromatic heterocycles. The Hall–Kier alpha value is -1.11. The number of benzene rings is 1. The predicted octanol–water partition coefficient (Wildman–Crippen LogP) is 2.06. The van der Waals surface area contributed by atoms with Crippen LogP contribution in [0.25, 0.3) is 0 Å². The lowest BCUT2D eigenvalue weighted by Gasteiger charge is -2.21. The first-order chi connectivity index (χ1) is 8.73. The van der Waals surface area contributed by atoms with E-state index >= 15 is 0 Å². The lowest BCUT2D eigenvalue weighted by atomic mass is 10.0. The molecule has 0 aliphatic carbocycles. The number of rotatable bonds is 5. The monoisotopic (exact) mass is 349 g/mol. The van der Waals surface area contributed by atoms with Crippen LogP contribution in [0.15, 0.2) is 22.7 Å². The van der Waals surface area contributed by atoms with Crippen molar-refractivity contribution < 1.29 is 19.8 Å². The van der Waals surface area contributed by atoms with Gasteiger partial charge in [0.05, 0.1) is 22.6 Å². The number of nitrogens with one attached hydrogen (secondary N) is 1. The summed E-state index contributed by atoms with van der Waals surface area (Å²) in [5.41, 5.74) is -1.26. The molecule has 0 heterocycles. The Morgan fingerprint density at radius 3 is 2.68 bits per heavy atom. The molecule has 0 saturated heterocycles. The van der Waals surface area contributed by atoms with Crippen molar-refractivity contribution in [1.82, 2.24) is 5.32 Å². The van der Waals surface area contributed by atoms with E-state index in [1.807, 2.05) is 0 Å². The Morgan fingerprint density at radius 1 is 1.47 bits per heavy atom. The molecule has 7 heteroatoms. The molecule has 19 heavy (non-hydrogen) atoms. The second kappa shape index (κ2) is 6.36. The van der Waals surface area contributed by atoms with Crippen molar-refractivity contribution in [3.05, 3.63) is 33.3 Å². The third-order valence-electron chi connectivity index (χ3n) is 2.36. The molecular weight excluding hydrogens is 337 g/mol. The number of carbonyl (C=O) groups excluding carboxylic acids is 1. The van der Waals surface area contributed by atoms with Gasteiger partial charge in [0.15, 0.2) is 0 Å². The summed E-state index contributed by atoms with van der Waals surface area (Å²) in [7, 11) is 0. The molecule has 5 nitrogen and oxygen atoms in total. The zero-order valence-electron chi connectivity index (χ0n) is 10.1. The van der Waals surface area contributed by atoms with E-state index in [4.69, 9.17) is 16.7 Å². The minimum absolute atomic E-state index is 0.180. The van der Waals surface area contributed by atoms with Crippen molar-refractivity contribution in [3.8, 4) is 0 Å². The SMILES string of the molecule is CC(O)(CNC(=O)c1cccc(Br)c1Cl)CC(=O)O. The first-order valence-corrected chi connectivity index (χ1v) is 6.56. The van der Waals surface area contributed by atoms with Crippen LogP contribution in [0.3, 0.4) is 0 Å². The number of carboxylic acid groups (broad SMARTS) is 1. The van der Waals surface area contributed by atoms with Gasteiger partial charge in [0.2, 0.25) is 0 Å². The summed E-state index contributed by atoms with van der Waals surface area (Å²) < 4.78 is 0.583. The van der Waals surface area contributed by atoms with E-state index in [0.717, 1.165) is 0 Å². The molecule has 104 valence electrons. The largest absolute Gasteiger partial charge is 0.481 e. The number of halogens is 2. The van der Waals surface area contributed by atoms with Crippen LogP contribution in [0.2, 0.25) is 5.02 Å². The van der Waals surface area contributed by atoms with Gasteiger partial charge in [-0.1, -0.05) is 17.7 Å². The molecule has 0 spiro atoms. The minimum Gasteiger partial charge on any atom is -0.481 e. The summed E-state index contributed by atoms with van der Waals surface area (Å²) in [6, 6.07) is 4.88. The molecule has 1 rings (SSSR count). The number of carboxylic acids is 1. The zero-order chi connectivity index (χ0) is 14.6. The van der Waals surface area contributed by atoms with Gasteiger partial charge in [-0.15, -0.1) is 0 Å². The summed E-state index contributed by atoms with van der Waals surface area (Å²) in [6.45, 7) is 1.16. The Bertz CT molecular complexity index is 505. The molecular formula is C12H13BrClNO4. The predicted molar refractivity (Wildman–Crippen MR) is 74.4 cm³/mol. The summed E-state index contributed by atoms with van der Waals surface area (Å²) >= 11 is 9.16. The quantitative estimate of drug-likeness (QED) is 0.758. The van der Waals surface area contributed by atoms with E-state index in [9.17, 15) is 14.7 Å². The van der Waals surface area contributed by atoms with Crippen LogP contribution in [0.1, 0.15) is 23.7 Å². The Morgan fingerprint density at radius 2 is 2.11 bits per heavy atom. The van der Waals surface area contributed by atoms with Gasteiger partial charge in [-0.3, -0.25) is 9.59 Å². The van der Waals surface area contributed by atoms with E-state index in [0.29, 0.717) is 4.47 Å². The summed E-state index contributed by atoms with van der Waals surface area (Å²) in [6.07, 6.45) is -0.459. The molecule has 1 atom stereocenters. The van der Waals surface area contributed by atoms with Gasteiger partial charge in [-0.2, -0.15) is 0 Å². The molecule has 1 unspecified atom stereocenters. The lowest BCUT2D eigenvalue weighted by molar-refractivity contribution is -0.141. The third kappa shape index (κ3) is 4.81. The highest BCUT2D eigenvalue weighted by atomic mass is 79.9. The van der Waals surface area contributed by atoms with Crippen LogP contribution in [0.5, 0.6) is 0 Å². The summed E-state index contributed by atoms with van der Waals surface area (Å²) in [5, 5.41) is 21.1. The Balaban J connectivity index is 2.71. The van der Waals surface area contributed by atoms with Gasteiger partial charge in [0, 0.05) is 11.0 Å². The second-order valence-electron chi connectivity index (χ2n) is 4.35. The van der Waals surface area contributed by atoms with Gasteiger partial charge in [-0.05, 0) is 35.0 Å². The van der Waals surface area contributed by atoms with Crippen LogP contribution in [-0.2, 0) is 4.79 Å². The van der Waals surface area contributed by atoms with Gasteiger partial charge < -0.3 is 15.5 Å². The van der Waals surface area contributed by atoms with E-state index < -0.39 is 23.9 Å². The van der Waals surface area contributed by atoms with Crippen LogP contribution in [0, 0.1) is 0 Å². The number of hydrogen-bond donors (Lipinski definition) is 3. The molecule has 3 N–H and O–H groups in total. The Kier molecular flexibility index (Phi) is 5.34. The standard InChI is InChI=1S/C12H13BrClNO4/c1-12(19,5-9(16)17)6-15-11(18)7-3-2-4-8(13)10(7)14/h2-4,19H,5-6H2,1H3,(H,15,18)(H,16,17). The van der Waals surface area contributed by atoms with Crippen LogP contribution in [-0.4, -0.2) is 34.2 Å². The van der Waals surface area contributed by atoms with E-state index in [2.05, 4.69) is 21.2 Å². The van der Waals surface area contributed by atoms with Crippen molar-refractivity contribution in [1.29, 1.82) is 0 Å². The van der Waals surface area contributed by atoms with Gasteiger partial charge in [0.1, 0.15) is 0 Å². The third-order valence-corrected chi connectivity index (χ3v) is 3.65. The van der Waals surface area contributed by atoms with Crippen molar-refractivity contribution in [2.75, 3.05) is 6.54 Å². The highest BCUT2D eigenvalue weighted by Gasteiger charge is 2.25. The highest BCUT2D eigenvalue weighted by Crippen LogP contribution is 2.25. The van der Waals surface area contributed by atoms with Crippen molar-refractivity contribution in [2.45, 2.75) is 18.9 Å². The highest BCUT2D eigenvalue weighted by molar-refractivity contribution is 9.10. The van der Waals surface area contributed by atoms with Crippen LogP contribution < -0.4 is 5.32 Å². The van der Waals surface area contributed by atoms with Crippen LogP contribution in [0.4, 0.5) is 0 Å². The van der Waals surface area contributed by atoms with Crippen molar-refractivity contribution in [2.24, 2.45) is 0 Å². The molecule has 1 aromatic carbocycles. The Labute approximate surface area is 123 Å². The summed E-state index contributed by atoms with van der Waals surface area (Å²) in [5.74, 6) is -1.61. The molecule has 1 aromatic rings. The van der Waals surface area contributed by atoms with E-state index in [-0.39, 0.29) is 17.1 Å². The fraction of sp³-hybridized carbons (Fsp3) is 0.333. The molecule has 0 radical (unpaired) electrons. The van der Waals surface area contributed by atoms with Gasteiger partial charge in [-0.25, -0.2) is 0 Å². The van der Waals surface area contributed by atoms with Gasteiger partial charge in [0.25, 0.3) is 5.91 Å². The average Bonchev–Trinajstić information content (AvgIpc) is 2.28. The number of hydrogen-bond acceptors (Lipinski definition) is 3. The molecule has 0 fully saturated rings. The molecule has 0 aliphatic heterocycles. The molecule has 1 amide bonds. The number of amides is 1. The van der Waals surface area contributed by atoms with Crippen LogP contribution >= 0.6 is 27.5 Å². The molecule has 0 aliphatic rings. The number of carbonyl (C=O) groups is 2. The van der Waals surface area contributed by atoms with Crippen molar-refractivity contribution >= 4 is 39.4 Å². The lowest BCUT2D eigenvalue weighted by Crippen LogP contribution is -2.42. The van der Waals surface area contributed by atoms with Crippen molar-refractivity contribution in [3.63, 3.8) is 0 Å². The maximum absolute atomic E-state index is 11.9. The molecule has 0 saturated carbocycles. The first kappa shape index (κ1) is 15.9. The topological polar surface area (TPSA) is 86.6 Å². The molecule has 0 bridgehead atoms. The smallest absolute Gasteiger partial charge is 0.306 e. The summed E-state index contributed by atoms with van der Waals surface area (Å²) in [4.78, 5) is 22.4.